The lowest BCUT2D eigenvalue weighted by atomic mass is 10.2. The number of ether oxygens (including phenoxy) is 1. The van der Waals surface area contributed by atoms with Gasteiger partial charge in [-0.1, -0.05) is 12.1 Å². The van der Waals surface area contributed by atoms with Gasteiger partial charge in [0, 0.05) is 28.6 Å². The zero-order valence-electron chi connectivity index (χ0n) is 14.6. The second kappa shape index (κ2) is 6.17. The quantitative estimate of drug-likeness (QED) is 0.558. The summed E-state index contributed by atoms with van der Waals surface area (Å²) in [5.41, 5.74) is 1.99. The first kappa shape index (κ1) is 16.1. The maximum atomic E-state index is 13.2. The second-order valence-electron chi connectivity index (χ2n) is 6.44. The average molecular weight is 352 g/mol. The Morgan fingerprint density at radius 1 is 1.12 bits per heavy atom. The highest BCUT2D eigenvalue weighted by molar-refractivity contribution is 7.25. The van der Waals surface area contributed by atoms with Crippen LogP contribution < -0.4 is 10.2 Å². The van der Waals surface area contributed by atoms with Gasteiger partial charge in [0.05, 0.1) is 17.3 Å². The zero-order valence-corrected chi connectivity index (χ0v) is 15.4. The van der Waals surface area contributed by atoms with Crippen LogP contribution in [-0.4, -0.2) is 37.2 Å². The summed E-state index contributed by atoms with van der Waals surface area (Å²) in [5, 5.41) is 1.88. The Kier molecular flexibility index (Phi) is 3.98. The summed E-state index contributed by atoms with van der Waals surface area (Å²) in [6, 6.07) is 13.9. The van der Waals surface area contributed by atoms with E-state index in [2.05, 4.69) is 15.5 Å². The summed E-state index contributed by atoms with van der Waals surface area (Å²) in [4.78, 5) is 15.4. The molecule has 0 saturated carbocycles. The summed E-state index contributed by atoms with van der Waals surface area (Å²) < 4.78 is 9.63. The Labute approximate surface area is 149 Å². The first-order valence-electron chi connectivity index (χ1n) is 8.26. The van der Waals surface area contributed by atoms with Gasteiger partial charge in [-0.25, -0.2) is 0 Å². The fraction of sp³-hybridized carbons (Fsp3) is 0.250. The van der Waals surface area contributed by atoms with E-state index in [0.717, 1.165) is 50.0 Å². The third-order valence-electron chi connectivity index (χ3n) is 4.55. The number of aromatic nitrogens is 1. The molecule has 0 radical (unpaired) electrons. The number of benzene rings is 2. The van der Waals surface area contributed by atoms with Gasteiger partial charge in [-0.15, -0.1) is 11.3 Å². The van der Waals surface area contributed by atoms with Crippen LogP contribution in [0.2, 0.25) is 0 Å². The molecule has 0 aliphatic heterocycles. The van der Waals surface area contributed by atoms with Crippen LogP contribution in [0.1, 0.15) is 0 Å². The van der Waals surface area contributed by atoms with E-state index >= 15 is 0 Å². The van der Waals surface area contributed by atoms with Gasteiger partial charge >= 0.3 is 0 Å². The van der Waals surface area contributed by atoms with Gasteiger partial charge in [-0.3, -0.25) is 4.79 Å². The molecule has 4 nitrogen and oxygen atoms in total. The largest absolute Gasteiger partial charge is 0.497 e. The SMILES string of the molecule is COc1ccc2c(c1)c1sc3ccccc3c(=O)c1n2CCN(C)C. The van der Waals surface area contributed by atoms with Crippen molar-refractivity contribution < 1.29 is 4.74 Å². The third-order valence-corrected chi connectivity index (χ3v) is 5.75. The van der Waals surface area contributed by atoms with Crippen LogP contribution in [0.3, 0.4) is 0 Å². The van der Waals surface area contributed by atoms with Crippen LogP contribution in [0.4, 0.5) is 0 Å². The van der Waals surface area contributed by atoms with E-state index in [-0.39, 0.29) is 5.43 Å². The highest BCUT2D eigenvalue weighted by Gasteiger charge is 2.17. The molecule has 4 rings (SSSR count). The molecule has 0 aliphatic rings. The molecule has 128 valence electrons. The van der Waals surface area contributed by atoms with Gasteiger partial charge in [0.1, 0.15) is 11.3 Å². The van der Waals surface area contributed by atoms with E-state index in [1.165, 1.54) is 0 Å². The van der Waals surface area contributed by atoms with Crippen molar-refractivity contribution in [2.24, 2.45) is 0 Å². The number of methoxy groups -OCH3 is 1. The first-order chi connectivity index (χ1) is 12.1. The minimum absolute atomic E-state index is 0.110. The normalized spacial score (nSPS) is 11.8. The van der Waals surface area contributed by atoms with Crippen molar-refractivity contribution in [3.63, 3.8) is 0 Å². The standard InChI is InChI=1S/C20H20N2O2S/c1-21(2)10-11-22-16-9-8-13(24-3)12-15(16)20-18(22)19(23)14-6-4-5-7-17(14)25-20/h4-9,12H,10-11H2,1-3H3. The molecule has 5 heteroatoms. The summed E-state index contributed by atoms with van der Waals surface area (Å²) in [6.07, 6.45) is 0. The Bertz CT molecular complexity index is 1140. The molecular weight excluding hydrogens is 332 g/mol. The molecule has 2 heterocycles. The fourth-order valence-electron chi connectivity index (χ4n) is 3.27. The number of hydrogen-bond acceptors (Lipinski definition) is 4. The fourth-order valence-corrected chi connectivity index (χ4v) is 4.48. The van der Waals surface area contributed by atoms with Crippen molar-refractivity contribution >= 4 is 42.5 Å². The first-order valence-corrected chi connectivity index (χ1v) is 9.08. The number of nitrogens with zero attached hydrogens (tertiary/aromatic N) is 2. The van der Waals surface area contributed by atoms with Crippen LogP contribution in [0.5, 0.6) is 5.75 Å². The molecule has 0 fully saturated rings. The molecule has 0 amide bonds. The van der Waals surface area contributed by atoms with E-state index in [1.54, 1.807) is 18.4 Å². The molecule has 0 saturated heterocycles. The molecular formula is C20H20N2O2S. The van der Waals surface area contributed by atoms with Gasteiger partial charge < -0.3 is 14.2 Å². The molecule has 25 heavy (non-hydrogen) atoms. The van der Waals surface area contributed by atoms with Gasteiger partial charge in [0.15, 0.2) is 0 Å². The van der Waals surface area contributed by atoms with Gasteiger partial charge in [0.25, 0.3) is 0 Å². The van der Waals surface area contributed by atoms with E-state index in [4.69, 9.17) is 4.74 Å². The highest BCUT2D eigenvalue weighted by atomic mass is 32.1. The highest BCUT2D eigenvalue weighted by Crippen LogP contribution is 2.35. The maximum Gasteiger partial charge on any atom is 0.212 e. The van der Waals surface area contributed by atoms with Crippen molar-refractivity contribution in [2.45, 2.75) is 6.54 Å². The molecule has 0 aliphatic carbocycles. The predicted octanol–water partition coefficient (Wildman–Crippen LogP) is 3.94. The topological polar surface area (TPSA) is 34.5 Å². The Morgan fingerprint density at radius 3 is 2.68 bits per heavy atom. The second-order valence-corrected chi connectivity index (χ2v) is 7.50. The van der Waals surface area contributed by atoms with E-state index < -0.39 is 0 Å². The van der Waals surface area contributed by atoms with Crippen molar-refractivity contribution in [2.75, 3.05) is 27.7 Å². The Balaban J connectivity index is 2.14. The molecule has 0 unspecified atom stereocenters. The minimum atomic E-state index is 0.110. The van der Waals surface area contributed by atoms with E-state index in [0.29, 0.717) is 0 Å². The van der Waals surface area contributed by atoms with Crippen LogP contribution in [0.25, 0.3) is 31.2 Å². The zero-order chi connectivity index (χ0) is 17.6. The maximum absolute atomic E-state index is 13.2. The molecule has 2 aromatic heterocycles. The molecule has 2 aromatic carbocycles. The molecule has 0 spiro atoms. The molecule has 0 atom stereocenters. The summed E-state index contributed by atoms with van der Waals surface area (Å²) in [6.45, 7) is 1.65. The lowest BCUT2D eigenvalue weighted by Crippen LogP contribution is -2.19. The summed E-state index contributed by atoms with van der Waals surface area (Å²) >= 11 is 1.68. The van der Waals surface area contributed by atoms with Gasteiger partial charge in [0.2, 0.25) is 5.43 Å². The van der Waals surface area contributed by atoms with E-state index in [1.807, 2.05) is 50.5 Å². The van der Waals surface area contributed by atoms with Crippen LogP contribution in [0, 0.1) is 0 Å². The average Bonchev–Trinajstić information content (AvgIpc) is 2.93. The number of rotatable bonds is 4. The number of fused-ring (bicyclic) bond motifs is 4. The Morgan fingerprint density at radius 2 is 1.92 bits per heavy atom. The molecule has 0 bridgehead atoms. The Hall–Kier alpha value is -2.37. The van der Waals surface area contributed by atoms with Crippen molar-refractivity contribution in [1.82, 2.24) is 9.47 Å². The summed E-state index contributed by atoms with van der Waals surface area (Å²) in [5.74, 6) is 0.812. The van der Waals surface area contributed by atoms with Gasteiger partial charge in [-0.05, 0) is 44.4 Å². The predicted molar refractivity (Wildman–Crippen MR) is 106 cm³/mol. The molecule has 4 aromatic rings. The van der Waals surface area contributed by atoms with Crippen LogP contribution in [0.15, 0.2) is 47.3 Å². The van der Waals surface area contributed by atoms with Gasteiger partial charge in [-0.2, -0.15) is 0 Å². The number of hydrogen-bond donors (Lipinski definition) is 0. The van der Waals surface area contributed by atoms with E-state index in [9.17, 15) is 4.79 Å². The minimum Gasteiger partial charge on any atom is -0.497 e. The lowest BCUT2D eigenvalue weighted by molar-refractivity contribution is 0.389. The van der Waals surface area contributed by atoms with Crippen molar-refractivity contribution in [3.05, 3.63) is 52.7 Å². The van der Waals surface area contributed by atoms with Crippen molar-refractivity contribution in [3.8, 4) is 5.75 Å². The third kappa shape index (κ3) is 2.60. The van der Waals surface area contributed by atoms with Crippen molar-refractivity contribution in [1.29, 1.82) is 0 Å². The smallest absolute Gasteiger partial charge is 0.212 e. The molecule has 0 N–H and O–H groups in total. The monoisotopic (exact) mass is 352 g/mol. The lowest BCUT2D eigenvalue weighted by Gasteiger charge is -2.12. The summed E-state index contributed by atoms with van der Waals surface area (Å²) in [7, 11) is 5.77. The number of likely N-dealkylation sites (N-methyl/N-ethyl adjacent to an activating group) is 1. The van der Waals surface area contributed by atoms with Crippen LogP contribution >= 0.6 is 11.3 Å². The van der Waals surface area contributed by atoms with Crippen LogP contribution in [-0.2, 0) is 6.54 Å².